The third kappa shape index (κ3) is 4.57. The van der Waals surface area contributed by atoms with Gasteiger partial charge in [0.15, 0.2) is 0 Å². The molecular weight excluding hydrogens is 425 g/mol. The summed E-state index contributed by atoms with van der Waals surface area (Å²) in [6.07, 6.45) is 0. The van der Waals surface area contributed by atoms with Gasteiger partial charge in [-0.25, -0.2) is 9.37 Å². The summed E-state index contributed by atoms with van der Waals surface area (Å²) >= 11 is 0. The molecule has 5 heteroatoms. The summed E-state index contributed by atoms with van der Waals surface area (Å²) < 4.78 is 14.1. The van der Waals surface area contributed by atoms with Gasteiger partial charge in [-0.15, -0.1) is 0 Å². The molecule has 0 atom stereocenters. The van der Waals surface area contributed by atoms with Crippen LogP contribution < -0.4 is 0 Å². The Kier molecular flexibility index (Phi) is 6.12. The van der Waals surface area contributed by atoms with Crippen molar-refractivity contribution in [2.24, 2.45) is 0 Å². The lowest BCUT2D eigenvalue weighted by Crippen LogP contribution is -2.48. The molecule has 0 N–H and O–H groups in total. The summed E-state index contributed by atoms with van der Waals surface area (Å²) in [7, 11) is 0. The average molecular weight is 454 g/mol. The van der Waals surface area contributed by atoms with Crippen molar-refractivity contribution < 1.29 is 9.18 Å². The number of carbonyl (C=O) groups excluding carboxylic acids is 1. The van der Waals surface area contributed by atoms with E-state index in [1.807, 2.05) is 23.1 Å². The molecule has 1 fully saturated rings. The largest absolute Gasteiger partial charge is 0.336 e. The van der Waals surface area contributed by atoms with Gasteiger partial charge in [-0.1, -0.05) is 42.5 Å². The Labute approximate surface area is 199 Å². The van der Waals surface area contributed by atoms with E-state index in [-0.39, 0.29) is 11.7 Å². The van der Waals surface area contributed by atoms with Crippen molar-refractivity contribution in [2.75, 3.05) is 26.2 Å². The number of nitrogens with zero attached hydrogens (tertiary/aromatic N) is 3. The Morgan fingerprint density at radius 2 is 1.65 bits per heavy atom. The van der Waals surface area contributed by atoms with Gasteiger partial charge < -0.3 is 4.90 Å². The summed E-state index contributed by atoms with van der Waals surface area (Å²) in [6.45, 7) is 7.92. The van der Waals surface area contributed by atoms with Crippen LogP contribution in [0.1, 0.15) is 27.0 Å². The molecule has 0 aliphatic carbocycles. The first-order valence-electron chi connectivity index (χ1n) is 11.7. The number of aryl methyl sites for hydroxylation is 2. The van der Waals surface area contributed by atoms with Gasteiger partial charge in [-0.2, -0.15) is 0 Å². The maximum absolute atomic E-state index is 14.1. The Morgan fingerprint density at radius 1 is 0.882 bits per heavy atom. The Balaban J connectivity index is 1.43. The zero-order chi connectivity index (χ0) is 23.7. The van der Waals surface area contributed by atoms with Crippen LogP contribution in [-0.2, 0) is 6.54 Å². The van der Waals surface area contributed by atoms with Gasteiger partial charge in [-0.05, 0) is 60.9 Å². The normalized spacial score (nSPS) is 14.5. The minimum Gasteiger partial charge on any atom is -0.336 e. The van der Waals surface area contributed by atoms with Gasteiger partial charge >= 0.3 is 0 Å². The van der Waals surface area contributed by atoms with Gasteiger partial charge in [0.25, 0.3) is 5.91 Å². The topological polar surface area (TPSA) is 36.4 Å². The molecule has 4 nitrogen and oxygen atoms in total. The minimum atomic E-state index is -0.366. The van der Waals surface area contributed by atoms with Crippen molar-refractivity contribution in [2.45, 2.75) is 20.4 Å². The minimum absolute atomic E-state index is 0.0672. The predicted octanol–water partition coefficient (Wildman–Crippen LogP) is 5.62. The quantitative estimate of drug-likeness (QED) is 0.403. The number of piperazine rings is 1. The smallest absolute Gasteiger partial charge is 0.254 e. The number of halogens is 1. The van der Waals surface area contributed by atoms with Gasteiger partial charge in [0.2, 0.25) is 0 Å². The molecule has 0 radical (unpaired) electrons. The zero-order valence-corrected chi connectivity index (χ0v) is 19.6. The second-order valence-corrected chi connectivity index (χ2v) is 9.07. The molecule has 3 aromatic carbocycles. The SMILES string of the molecule is Cc1ccc(-c2cc(C(=O)N3CCN(Cc4ccccc4)CC3)c3cc(F)ccc3n2)cc1C. The number of hydrogen-bond acceptors (Lipinski definition) is 3. The molecule has 172 valence electrons. The number of carbonyl (C=O) groups is 1. The maximum Gasteiger partial charge on any atom is 0.254 e. The van der Waals surface area contributed by atoms with E-state index in [0.29, 0.717) is 29.6 Å². The predicted molar refractivity (Wildman–Crippen MR) is 134 cm³/mol. The highest BCUT2D eigenvalue weighted by molar-refractivity contribution is 6.07. The van der Waals surface area contributed by atoms with Crippen molar-refractivity contribution >= 4 is 16.8 Å². The molecule has 0 saturated carbocycles. The van der Waals surface area contributed by atoms with Crippen molar-refractivity contribution in [3.63, 3.8) is 0 Å². The van der Waals surface area contributed by atoms with Crippen molar-refractivity contribution in [1.82, 2.24) is 14.8 Å². The van der Waals surface area contributed by atoms with Crippen LogP contribution in [0.3, 0.4) is 0 Å². The fraction of sp³-hybridized carbons (Fsp3) is 0.241. The van der Waals surface area contributed by atoms with Crippen LogP contribution in [0, 0.1) is 19.7 Å². The van der Waals surface area contributed by atoms with Gasteiger partial charge in [-0.3, -0.25) is 9.69 Å². The van der Waals surface area contributed by atoms with Gasteiger partial charge in [0, 0.05) is 43.7 Å². The molecule has 0 unspecified atom stereocenters. The van der Waals surface area contributed by atoms with Crippen LogP contribution in [0.4, 0.5) is 4.39 Å². The second-order valence-electron chi connectivity index (χ2n) is 9.07. The first kappa shape index (κ1) is 22.2. The molecule has 34 heavy (non-hydrogen) atoms. The third-order valence-electron chi connectivity index (χ3n) is 6.71. The molecule has 0 bridgehead atoms. The maximum atomic E-state index is 14.1. The molecule has 1 amide bonds. The van der Waals surface area contributed by atoms with E-state index >= 15 is 0 Å². The number of hydrogen-bond donors (Lipinski definition) is 0. The van der Waals surface area contributed by atoms with Gasteiger partial charge in [0.1, 0.15) is 5.82 Å². The molecule has 1 aliphatic rings. The Morgan fingerprint density at radius 3 is 2.38 bits per heavy atom. The lowest BCUT2D eigenvalue weighted by molar-refractivity contribution is 0.0630. The molecular formula is C29H28FN3O. The summed E-state index contributed by atoms with van der Waals surface area (Å²) in [4.78, 5) is 22.7. The Hall–Kier alpha value is -3.57. The summed E-state index contributed by atoms with van der Waals surface area (Å²) in [5.41, 5.74) is 6.47. The van der Waals surface area contributed by atoms with Crippen LogP contribution >= 0.6 is 0 Å². The molecule has 1 aliphatic heterocycles. The summed E-state index contributed by atoms with van der Waals surface area (Å²) in [5.74, 6) is -0.433. The van der Waals surface area contributed by atoms with E-state index in [1.165, 1.54) is 28.8 Å². The zero-order valence-electron chi connectivity index (χ0n) is 19.6. The molecule has 1 aromatic heterocycles. The van der Waals surface area contributed by atoms with Crippen LogP contribution in [0.15, 0.2) is 72.8 Å². The van der Waals surface area contributed by atoms with Crippen LogP contribution in [0.5, 0.6) is 0 Å². The molecule has 1 saturated heterocycles. The number of fused-ring (bicyclic) bond motifs is 1. The van der Waals surface area contributed by atoms with E-state index < -0.39 is 0 Å². The molecule has 0 spiro atoms. The number of aromatic nitrogens is 1. The lowest BCUT2D eigenvalue weighted by Gasteiger charge is -2.35. The van der Waals surface area contributed by atoms with Crippen LogP contribution in [-0.4, -0.2) is 46.9 Å². The van der Waals surface area contributed by atoms with Crippen molar-refractivity contribution in [3.8, 4) is 11.3 Å². The van der Waals surface area contributed by atoms with E-state index in [0.717, 1.165) is 30.9 Å². The number of rotatable bonds is 4. The summed E-state index contributed by atoms with van der Waals surface area (Å²) in [6, 6.07) is 22.9. The molecule has 2 heterocycles. The van der Waals surface area contributed by atoms with Gasteiger partial charge in [0.05, 0.1) is 16.8 Å². The molecule has 5 rings (SSSR count). The highest BCUT2D eigenvalue weighted by Crippen LogP contribution is 2.28. The Bertz CT molecular complexity index is 1340. The summed E-state index contributed by atoms with van der Waals surface area (Å²) in [5, 5.41) is 0.560. The fourth-order valence-corrected chi connectivity index (χ4v) is 4.54. The number of amides is 1. The monoisotopic (exact) mass is 453 g/mol. The first-order valence-corrected chi connectivity index (χ1v) is 11.7. The lowest BCUT2D eigenvalue weighted by atomic mass is 10.00. The third-order valence-corrected chi connectivity index (χ3v) is 6.71. The first-order chi connectivity index (χ1) is 16.5. The van der Waals surface area contributed by atoms with Crippen molar-refractivity contribution in [3.05, 3.63) is 101 Å². The van der Waals surface area contributed by atoms with Crippen molar-refractivity contribution in [1.29, 1.82) is 0 Å². The van der Waals surface area contributed by atoms with E-state index in [1.54, 1.807) is 6.07 Å². The van der Waals surface area contributed by atoms with E-state index in [4.69, 9.17) is 4.98 Å². The van der Waals surface area contributed by atoms with Crippen LogP contribution in [0.25, 0.3) is 22.2 Å². The van der Waals surface area contributed by atoms with E-state index in [9.17, 15) is 9.18 Å². The van der Waals surface area contributed by atoms with Crippen LogP contribution in [0.2, 0.25) is 0 Å². The standard InChI is InChI=1S/C29H28FN3O/c1-20-8-9-23(16-21(20)2)28-18-26(25-17-24(30)10-11-27(25)31-28)29(34)33-14-12-32(13-15-33)19-22-6-4-3-5-7-22/h3-11,16-18H,12-15,19H2,1-2H3. The average Bonchev–Trinajstić information content (AvgIpc) is 2.86. The molecule has 4 aromatic rings. The number of benzene rings is 3. The highest BCUT2D eigenvalue weighted by atomic mass is 19.1. The second kappa shape index (κ2) is 9.35. The highest BCUT2D eigenvalue weighted by Gasteiger charge is 2.24. The van der Waals surface area contributed by atoms with E-state index in [2.05, 4.69) is 55.1 Å². The fourth-order valence-electron chi connectivity index (χ4n) is 4.54. The number of pyridine rings is 1.